The number of rotatable bonds is 13. The standard InChI is InChI=1S/C36H53N3O4S/c1-10-20-37(22-25-16-14-13-15-17-25)30(41)27-28-31(42)39(26(12-3)23-40)29(36(28)19-18-35(27,9)44-36)32(43)38(21-11-2)34(7,8)24-33(4,5)6/h10-11,13-17,26-29,40H,1-2,12,18-24H2,3-9H3/t26-,27-,28-,29?,35+,36?/m0/s1. The Kier molecular flexibility index (Phi) is 9.87. The summed E-state index contributed by atoms with van der Waals surface area (Å²) in [6, 6.07) is 8.58. The van der Waals surface area contributed by atoms with Crippen LogP contribution in [0.25, 0.3) is 0 Å². The summed E-state index contributed by atoms with van der Waals surface area (Å²) < 4.78 is -1.24. The number of fused-ring (bicyclic) bond motifs is 1. The van der Waals surface area contributed by atoms with Crippen molar-refractivity contribution >= 4 is 29.5 Å². The summed E-state index contributed by atoms with van der Waals surface area (Å²) in [4.78, 5) is 49.7. The first-order valence-corrected chi connectivity index (χ1v) is 16.9. The van der Waals surface area contributed by atoms with Gasteiger partial charge in [0.2, 0.25) is 17.7 Å². The van der Waals surface area contributed by atoms with Gasteiger partial charge in [-0.15, -0.1) is 24.9 Å². The average Bonchev–Trinajstić information content (AvgIpc) is 3.51. The maximum Gasteiger partial charge on any atom is 0.247 e. The molecule has 1 spiro atoms. The van der Waals surface area contributed by atoms with Gasteiger partial charge in [-0.1, -0.05) is 70.2 Å². The number of hydrogen-bond donors (Lipinski definition) is 1. The number of carbonyl (C=O) groups excluding carboxylic acids is 3. The van der Waals surface area contributed by atoms with Crippen LogP contribution in [-0.4, -0.2) is 84.3 Å². The first-order valence-electron chi connectivity index (χ1n) is 16.1. The van der Waals surface area contributed by atoms with Crippen LogP contribution in [-0.2, 0) is 20.9 Å². The maximum absolute atomic E-state index is 15.0. The molecule has 0 saturated carbocycles. The molecule has 8 heteroatoms. The zero-order chi connectivity index (χ0) is 32.7. The van der Waals surface area contributed by atoms with E-state index in [1.54, 1.807) is 33.7 Å². The Morgan fingerprint density at radius 3 is 2.27 bits per heavy atom. The third-order valence-corrected chi connectivity index (χ3v) is 11.9. The number of aliphatic hydroxyl groups is 1. The summed E-state index contributed by atoms with van der Waals surface area (Å²) in [5.74, 6) is -1.58. The molecule has 6 atom stereocenters. The largest absolute Gasteiger partial charge is 0.394 e. The van der Waals surface area contributed by atoms with Gasteiger partial charge in [-0.05, 0) is 57.4 Å². The van der Waals surface area contributed by atoms with Crippen LogP contribution in [0.1, 0.15) is 79.7 Å². The highest BCUT2D eigenvalue weighted by molar-refractivity contribution is 8.02. The van der Waals surface area contributed by atoms with E-state index in [-0.39, 0.29) is 29.7 Å². The third-order valence-electron chi connectivity index (χ3n) is 9.94. The molecule has 0 radical (unpaired) electrons. The average molecular weight is 624 g/mol. The van der Waals surface area contributed by atoms with E-state index in [1.807, 2.05) is 42.2 Å². The van der Waals surface area contributed by atoms with Gasteiger partial charge in [0, 0.05) is 29.9 Å². The van der Waals surface area contributed by atoms with Crippen molar-refractivity contribution < 1.29 is 19.5 Å². The second-order valence-corrected chi connectivity index (χ2v) is 16.9. The lowest BCUT2D eigenvalue weighted by Gasteiger charge is -2.46. The first-order chi connectivity index (χ1) is 20.6. The second-order valence-electron chi connectivity index (χ2n) is 15.0. The summed E-state index contributed by atoms with van der Waals surface area (Å²) in [5, 5.41) is 10.5. The number of hydrogen-bond acceptors (Lipinski definition) is 5. The molecule has 3 saturated heterocycles. The summed E-state index contributed by atoms with van der Waals surface area (Å²) >= 11 is 1.68. The van der Waals surface area contributed by atoms with E-state index < -0.39 is 39.0 Å². The Balaban J connectivity index is 1.81. The van der Waals surface area contributed by atoms with E-state index in [2.05, 4.69) is 54.7 Å². The second kappa shape index (κ2) is 12.7. The molecule has 3 amide bonds. The van der Waals surface area contributed by atoms with Crippen molar-refractivity contribution in [1.82, 2.24) is 14.7 Å². The Bertz CT molecular complexity index is 1260. The zero-order valence-electron chi connectivity index (χ0n) is 27.8. The van der Waals surface area contributed by atoms with Crippen LogP contribution < -0.4 is 0 Å². The number of thioether (sulfide) groups is 1. The van der Waals surface area contributed by atoms with Gasteiger partial charge in [0.25, 0.3) is 0 Å². The van der Waals surface area contributed by atoms with Gasteiger partial charge in [0.05, 0.1) is 29.2 Å². The Morgan fingerprint density at radius 2 is 1.73 bits per heavy atom. The number of carbonyl (C=O) groups is 3. The van der Waals surface area contributed by atoms with Gasteiger partial charge in [-0.25, -0.2) is 0 Å². The monoisotopic (exact) mass is 623 g/mol. The summed E-state index contributed by atoms with van der Waals surface area (Å²) in [6.07, 6.45) is 6.17. The molecule has 1 N–H and O–H groups in total. The normalized spacial score (nSPS) is 28.5. The summed E-state index contributed by atoms with van der Waals surface area (Å²) in [6.45, 7) is 23.5. The van der Waals surface area contributed by atoms with Gasteiger partial charge in [0.1, 0.15) is 6.04 Å². The molecule has 3 aliphatic heterocycles. The molecule has 0 aliphatic carbocycles. The number of benzene rings is 1. The van der Waals surface area contributed by atoms with Crippen molar-refractivity contribution in [2.75, 3.05) is 19.7 Å². The van der Waals surface area contributed by atoms with Gasteiger partial charge < -0.3 is 19.8 Å². The number of aliphatic hydroxyl groups excluding tert-OH is 1. The van der Waals surface area contributed by atoms with Crippen molar-refractivity contribution in [2.45, 2.75) is 108 Å². The lowest BCUT2D eigenvalue weighted by molar-refractivity contribution is -0.150. The molecule has 7 nitrogen and oxygen atoms in total. The Labute approximate surface area is 269 Å². The predicted octanol–water partition coefficient (Wildman–Crippen LogP) is 5.68. The molecule has 1 aromatic carbocycles. The van der Waals surface area contributed by atoms with E-state index >= 15 is 4.79 Å². The van der Waals surface area contributed by atoms with Crippen molar-refractivity contribution in [3.05, 3.63) is 61.2 Å². The van der Waals surface area contributed by atoms with Gasteiger partial charge in [0.15, 0.2) is 0 Å². The van der Waals surface area contributed by atoms with Gasteiger partial charge in [-0.2, -0.15) is 0 Å². The van der Waals surface area contributed by atoms with Crippen LogP contribution in [0.15, 0.2) is 55.6 Å². The molecule has 4 rings (SSSR count). The quantitative estimate of drug-likeness (QED) is 0.286. The van der Waals surface area contributed by atoms with Crippen LogP contribution in [0.2, 0.25) is 0 Å². The topological polar surface area (TPSA) is 81.2 Å². The van der Waals surface area contributed by atoms with Crippen molar-refractivity contribution in [1.29, 1.82) is 0 Å². The minimum absolute atomic E-state index is 0.0365. The Morgan fingerprint density at radius 1 is 1.09 bits per heavy atom. The number of amides is 3. The highest BCUT2D eigenvalue weighted by Crippen LogP contribution is 2.72. The number of likely N-dealkylation sites (tertiary alicyclic amines) is 1. The summed E-state index contributed by atoms with van der Waals surface area (Å²) in [7, 11) is 0. The minimum Gasteiger partial charge on any atom is -0.394 e. The molecule has 2 bridgehead atoms. The molecule has 3 fully saturated rings. The zero-order valence-corrected chi connectivity index (χ0v) is 28.7. The van der Waals surface area contributed by atoms with Crippen molar-refractivity contribution in [3.8, 4) is 0 Å². The molecular weight excluding hydrogens is 570 g/mol. The van der Waals surface area contributed by atoms with Crippen molar-refractivity contribution in [2.24, 2.45) is 17.3 Å². The van der Waals surface area contributed by atoms with Gasteiger partial charge in [-0.3, -0.25) is 14.4 Å². The fourth-order valence-corrected chi connectivity index (χ4v) is 10.9. The maximum atomic E-state index is 15.0. The SMILES string of the molecule is C=CCN(Cc1ccccc1)C(=O)[C@@H]1[C@H]2C(=O)N([C@@H](CC)CO)C(C(=O)N(CC=C)C(C)(C)CC(C)(C)C)C23CC[C@@]1(C)S3. The minimum atomic E-state index is -0.775. The highest BCUT2D eigenvalue weighted by Gasteiger charge is 2.78. The molecule has 242 valence electrons. The summed E-state index contributed by atoms with van der Waals surface area (Å²) in [5.41, 5.74) is 0.467. The van der Waals surface area contributed by atoms with E-state index in [0.717, 1.165) is 18.4 Å². The van der Waals surface area contributed by atoms with Crippen LogP contribution in [0, 0.1) is 17.3 Å². The Hall–Kier alpha value is -2.58. The lowest BCUT2D eigenvalue weighted by atomic mass is 9.66. The molecular formula is C36H53N3O4S. The van der Waals surface area contributed by atoms with Gasteiger partial charge >= 0.3 is 0 Å². The molecule has 2 unspecified atom stereocenters. The van der Waals surface area contributed by atoms with E-state index in [4.69, 9.17) is 0 Å². The third kappa shape index (κ3) is 6.01. The first kappa shape index (κ1) is 34.3. The van der Waals surface area contributed by atoms with E-state index in [9.17, 15) is 14.7 Å². The van der Waals surface area contributed by atoms with Crippen LogP contribution >= 0.6 is 11.8 Å². The molecule has 0 aromatic heterocycles. The molecule has 3 aliphatic rings. The number of nitrogens with zero attached hydrogens (tertiary/aromatic N) is 3. The lowest BCUT2D eigenvalue weighted by Crippen LogP contribution is -2.61. The van der Waals surface area contributed by atoms with Crippen LogP contribution in [0.4, 0.5) is 0 Å². The van der Waals surface area contributed by atoms with Crippen molar-refractivity contribution in [3.63, 3.8) is 0 Å². The predicted molar refractivity (Wildman–Crippen MR) is 179 cm³/mol. The molecule has 3 heterocycles. The molecule has 1 aromatic rings. The van der Waals surface area contributed by atoms with E-state index in [0.29, 0.717) is 32.5 Å². The smallest absolute Gasteiger partial charge is 0.247 e. The van der Waals surface area contributed by atoms with Crippen LogP contribution in [0.5, 0.6) is 0 Å². The fraction of sp³-hybridized carbons (Fsp3) is 0.639. The molecule has 44 heavy (non-hydrogen) atoms. The van der Waals surface area contributed by atoms with E-state index in [1.165, 1.54) is 0 Å². The van der Waals surface area contributed by atoms with Crippen LogP contribution in [0.3, 0.4) is 0 Å². The fourth-order valence-electron chi connectivity index (χ4n) is 8.52. The highest BCUT2D eigenvalue weighted by atomic mass is 32.2.